The molecule has 0 bridgehead atoms. The lowest BCUT2D eigenvalue weighted by molar-refractivity contribution is -0.137. The van der Waals surface area contributed by atoms with Gasteiger partial charge in [0, 0.05) is 19.0 Å². The topological polar surface area (TPSA) is 40.5 Å². The van der Waals surface area contributed by atoms with Crippen molar-refractivity contribution < 1.29 is 23.1 Å². The van der Waals surface area contributed by atoms with Gasteiger partial charge in [-0.15, -0.1) is 0 Å². The summed E-state index contributed by atoms with van der Waals surface area (Å²) in [5.74, 6) is -0.894. The third kappa shape index (κ3) is 8.52. The van der Waals surface area contributed by atoms with E-state index in [1.807, 2.05) is 0 Å². The summed E-state index contributed by atoms with van der Waals surface area (Å²) in [5, 5.41) is 8.45. The molecule has 0 aliphatic carbocycles. The molecule has 3 nitrogen and oxygen atoms in total. The first-order chi connectivity index (χ1) is 7.22. The molecule has 1 N–H and O–H groups in total. The van der Waals surface area contributed by atoms with Crippen molar-refractivity contribution in [3.8, 4) is 0 Å². The first-order valence-corrected chi connectivity index (χ1v) is 5.21. The molecule has 0 aromatic carbocycles. The summed E-state index contributed by atoms with van der Waals surface area (Å²) in [4.78, 5) is 12.1. The summed E-state index contributed by atoms with van der Waals surface area (Å²) in [6.07, 6.45) is -4.35. The molecular formula is C10H18F3NO2. The van der Waals surface area contributed by atoms with Crippen LogP contribution in [-0.2, 0) is 4.79 Å². The molecule has 0 aliphatic rings. The first kappa shape index (κ1) is 15.2. The molecule has 0 aliphatic heterocycles. The van der Waals surface area contributed by atoms with Gasteiger partial charge in [0.1, 0.15) is 0 Å². The van der Waals surface area contributed by atoms with Crippen molar-refractivity contribution in [3.05, 3.63) is 0 Å². The number of hydrogen-bond acceptors (Lipinski definition) is 2. The average molecular weight is 241 g/mol. The van der Waals surface area contributed by atoms with Crippen molar-refractivity contribution >= 4 is 5.97 Å². The van der Waals surface area contributed by atoms with Crippen LogP contribution in [0.15, 0.2) is 0 Å². The Morgan fingerprint density at radius 2 is 2.00 bits per heavy atom. The van der Waals surface area contributed by atoms with Gasteiger partial charge in [0.2, 0.25) is 0 Å². The fourth-order valence-corrected chi connectivity index (χ4v) is 1.31. The Morgan fingerprint density at radius 1 is 1.44 bits per heavy atom. The zero-order valence-corrected chi connectivity index (χ0v) is 9.55. The van der Waals surface area contributed by atoms with Gasteiger partial charge in [0.25, 0.3) is 0 Å². The molecule has 0 radical (unpaired) electrons. The largest absolute Gasteiger partial charge is 0.481 e. The van der Waals surface area contributed by atoms with Crippen molar-refractivity contribution in [1.82, 2.24) is 4.90 Å². The van der Waals surface area contributed by atoms with Crippen LogP contribution in [0.2, 0.25) is 0 Å². The second kappa shape index (κ2) is 6.73. The third-order valence-corrected chi connectivity index (χ3v) is 2.51. The van der Waals surface area contributed by atoms with E-state index < -0.39 is 18.6 Å². The van der Waals surface area contributed by atoms with Gasteiger partial charge in [-0.2, -0.15) is 13.2 Å². The summed E-state index contributed by atoms with van der Waals surface area (Å²) in [5.41, 5.74) is 0. The fourth-order valence-electron chi connectivity index (χ4n) is 1.31. The molecule has 6 heteroatoms. The van der Waals surface area contributed by atoms with Crippen LogP contribution in [0.25, 0.3) is 0 Å². The molecule has 0 rings (SSSR count). The highest BCUT2D eigenvalue weighted by Crippen LogP contribution is 2.23. The van der Waals surface area contributed by atoms with Gasteiger partial charge >= 0.3 is 12.1 Å². The molecule has 0 saturated carbocycles. The number of hydrogen-bond donors (Lipinski definition) is 1. The van der Waals surface area contributed by atoms with Crippen molar-refractivity contribution in [2.45, 2.75) is 44.8 Å². The van der Waals surface area contributed by atoms with Gasteiger partial charge in [-0.05, 0) is 26.8 Å². The van der Waals surface area contributed by atoms with Gasteiger partial charge in [-0.25, -0.2) is 0 Å². The number of carboxylic acid groups (broad SMARTS) is 1. The number of nitrogens with zero attached hydrogens (tertiary/aromatic N) is 1. The minimum atomic E-state index is -4.10. The van der Waals surface area contributed by atoms with Crippen LogP contribution < -0.4 is 0 Å². The molecule has 0 aromatic heterocycles. The Morgan fingerprint density at radius 3 is 2.44 bits per heavy atom. The van der Waals surface area contributed by atoms with E-state index in [0.29, 0.717) is 13.0 Å². The molecule has 0 aromatic rings. The molecule has 0 amide bonds. The Balaban J connectivity index is 3.70. The van der Waals surface area contributed by atoms with Crippen molar-refractivity contribution in [1.29, 1.82) is 0 Å². The van der Waals surface area contributed by atoms with Crippen LogP contribution in [0, 0.1) is 0 Å². The summed E-state index contributed by atoms with van der Waals surface area (Å²) in [6.45, 7) is 2.17. The Hall–Kier alpha value is -0.780. The monoisotopic (exact) mass is 241 g/mol. The highest BCUT2D eigenvalue weighted by molar-refractivity contribution is 5.66. The number of alkyl halides is 3. The maximum Gasteiger partial charge on any atom is 0.389 e. The van der Waals surface area contributed by atoms with Gasteiger partial charge in [-0.3, -0.25) is 4.79 Å². The smallest absolute Gasteiger partial charge is 0.389 e. The standard InChI is InChI=1S/C10H18F3NO2/c1-8(4-3-6-10(11,12)13)14(2)7-5-9(15)16/h8H,3-7H2,1-2H3,(H,15,16). The van der Waals surface area contributed by atoms with E-state index in [1.165, 1.54) is 0 Å². The number of halogens is 3. The van der Waals surface area contributed by atoms with Crippen LogP contribution in [0.3, 0.4) is 0 Å². The third-order valence-electron chi connectivity index (χ3n) is 2.51. The van der Waals surface area contributed by atoms with Crippen LogP contribution in [0.1, 0.15) is 32.6 Å². The van der Waals surface area contributed by atoms with Crippen LogP contribution in [0.5, 0.6) is 0 Å². The van der Waals surface area contributed by atoms with Crippen LogP contribution in [0.4, 0.5) is 13.2 Å². The zero-order valence-electron chi connectivity index (χ0n) is 9.55. The van der Waals surface area contributed by atoms with E-state index in [9.17, 15) is 18.0 Å². The average Bonchev–Trinajstić information content (AvgIpc) is 2.11. The van der Waals surface area contributed by atoms with Gasteiger partial charge < -0.3 is 10.0 Å². The summed E-state index contributed by atoms with van der Waals surface area (Å²) in [7, 11) is 1.72. The lowest BCUT2D eigenvalue weighted by atomic mass is 10.1. The summed E-state index contributed by atoms with van der Waals surface area (Å²) >= 11 is 0. The molecule has 1 atom stereocenters. The quantitative estimate of drug-likeness (QED) is 0.744. The zero-order chi connectivity index (χ0) is 12.8. The molecule has 1 unspecified atom stereocenters. The maximum atomic E-state index is 11.9. The maximum absolute atomic E-state index is 11.9. The Labute approximate surface area is 93.2 Å². The minimum absolute atomic E-state index is 0.0140. The number of aliphatic carboxylic acids is 1. The van der Waals surface area contributed by atoms with Gasteiger partial charge in [0.15, 0.2) is 0 Å². The summed E-state index contributed by atoms with van der Waals surface area (Å²) < 4.78 is 35.6. The molecule has 16 heavy (non-hydrogen) atoms. The van der Waals surface area contributed by atoms with Crippen molar-refractivity contribution in [3.63, 3.8) is 0 Å². The van der Waals surface area contributed by atoms with Crippen molar-refractivity contribution in [2.75, 3.05) is 13.6 Å². The molecule has 0 saturated heterocycles. The number of rotatable bonds is 7. The fraction of sp³-hybridized carbons (Fsp3) is 0.900. The van der Waals surface area contributed by atoms with Crippen LogP contribution >= 0.6 is 0 Å². The molecule has 96 valence electrons. The van der Waals surface area contributed by atoms with Crippen LogP contribution in [-0.4, -0.2) is 41.8 Å². The van der Waals surface area contributed by atoms with E-state index in [1.54, 1.807) is 18.9 Å². The Bertz CT molecular complexity index is 219. The molecule has 0 heterocycles. The highest BCUT2D eigenvalue weighted by Gasteiger charge is 2.26. The number of carbonyl (C=O) groups is 1. The lowest BCUT2D eigenvalue weighted by Gasteiger charge is -2.24. The molecule has 0 spiro atoms. The predicted molar refractivity (Wildman–Crippen MR) is 54.3 cm³/mol. The first-order valence-electron chi connectivity index (χ1n) is 5.21. The molecule has 0 fully saturated rings. The summed E-state index contributed by atoms with van der Waals surface area (Å²) in [6, 6.07) is -0.0262. The Kier molecular flexibility index (Phi) is 6.40. The van der Waals surface area contributed by atoms with Gasteiger partial charge in [0.05, 0.1) is 6.42 Å². The van der Waals surface area contributed by atoms with Gasteiger partial charge in [-0.1, -0.05) is 0 Å². The second-order valence-electron chi connectivity index (χ2n) is 3.98. The SMILES string of the molecule is CC(CCCC(F)(F)F)N(C)CCC(=O)O. The lowest BCUT2D eigenvalue weighted by Crippen LogP contribution is -2.31. The second-order valence-corrected chi connectivity index (χ2v) is 3.98. The van der Waals surface area contributed by atoms with E-state index in [0.717, 1.165) is 0 Å². The van der Waals surface area contributed by atoms with E-state index in [-0.39, 0.29) is 18.9 Å². The highest BCUT2D eigenvalue weighted by atomic mass is 19.4. The van der Waals surface area contributed by atoms with E-state index >= 15 is 0 Å². The minimum Gasteiger partial charge on any atom is -0.481 e. The van der Waals surface area contributed by atoms with Crippen molar-refractivity contribution in [2.24, 2.45) is 0 Å². The van der Waals surface area contributed by atoms with E-state index in [2.05, 4.69) is 0 Å². The van der Waals surface area contributed by atoms with E-state index in [4.69, 9.17) is 5.11 Å². The normalized spacial score (nSPS) is 14.1. The molecular weight excluding hydrogens is 223 g/mol. The predicted octanol–water partition coefficient (Wildman–Crippen LogP) is 2.51. The number of carboxylic acids is 1.